The molecule has 0 aliphatic rings. The van der Waals surface area contributed by atoms with E-state index in [1.807, 2.05) is 31.3 Å². The third-order valence-electron chi connectivity index (χ3n) is 2.39. The lowest BCUT2D eigenvalue weighted by atomic mass is 10.2. The predicted molar refractivity (Wildman–Crippen MR) is 60.5 cm³/mol. The molecule has 0 saturated heterocycles. The van der Waals surface area contributed by atoms with Gasteiger partial charge in [0.25, 0.3) is 0 Å². The molecule has 5 N–H and O–H groups in total. The van der Waals surface area contributed by atoms with Crippen molar-refractivity contribution in [3.05, 3.63) is 24.3 Å². The summed E-state index contributed by atoms with van der Waals surface area (Å²) in [6.45, 7) is 0. The Balaban J connectivity index is 2.69. The number of nitrogens with two attached hydrogens (primary N) is 2. The van der Waals surface area contributed by atoms with Crippen molar-refractivity contribution in [1.82, 2.24) is 4.57 Å². The van der Waals surface area contributed by atoms with E-state index in [0.29, 0.717) is 11.5 Å². The number of urea groups is 1. The van der Waals surface area contributed by atoms with Crippen molar-refractivity contribution in [1.29, 1.82) is 0 Å². The highest BCUT2D eigenvalue weighted by Gasteiger charge is 2.12. The highest BCUT2D eigenvalue weighted by Crippen LogP contribution is 2.31. The molecule has 78 valence electrons. The Hall–Kier alpha value is -2.17. The van der Waals surface area contributed by atoms with Crippen LogP contribution in [0.1, 0.15) is 0 Å². The molecule has 5 nitrogen and oxygen atoms in total. The topological polar surface area (TPSA) is 86.1 Å². The third kappa shape index (κ3) is 1.38. The van der Waals surface area contributed by atoms with Gasteiger partial charge in [-0.15, -0.1) is 0 Å². The zero-order valence-corrected chi connectivity index (χ0v) is 8.32. The van der Waals surface area contributed by atoms with E-state index in [-0.39, 0.29) is 0 Å². The number of nitrogen functional groups attached to an aromatic ring is 1. The summed E-state index contributed by atoms with van der Waals surface area (Å²) in [6.07, 6.45) is 0. The van der Waals surface area contributed by atoms with E-state index < -0.39 is 6.03 Å². The minimum Gasteiger partial charge on any atom is -0.395 e. The summed E-state index contributed by atoms with van der Waals surface area (Å²) in [6, 6.07) is 7.02. The first kappa shape index (κ1) is 9.39. The second kappa shape index (κ2) is 3.20. The number of nitrogens with zero attached hydrogens (tertiary/aromatic N) is 1. The summed E-state index contributed by atoms with van der Waals surface area (Å²) in [4.78, 5) is 10.8. The van der Waals surface area contributed by atoms with Crippen LogP contribution >= 0.6 is 0 Å². The van der Waals surface area contributed by atoms with Crippen LogP contribution in [0.2, 0.25) is 0 Å². The lowest BCUT2D eigenvalue weighted by Crippen LogP contribution is -2.21. The van der Waals surface area contributed by atoms with E-state index in [9.17, 15) is 4.79 Å². The van der Waals surface area contributed by atoms with Gasteiger partial charge in [0.15, 0.2) is 0 Å². The first-order valence-corrected chi connectivity index (χ1v) is 4.50. The van der Waals surface area contributed by atoms with Gasteiger partial charge in [0.2, 0.25) is 0 Å². The van der Waals surface area contributed by atoms with Crippen LogP contribution in [0.15, 0.2) is 24.3 Å². The highest BCUT2D eigenvalue weighted by atomic mass is 16.2. The minimum atomic E-state index is -0.618. The maximum Gasteiger partial charge on any atom is 0.317 e. The largest absolute Gasteiger partial charge is 0.395 e. The molecular weight excluding hydrogens is 192 g/mol. The average molecular weight is 204 g/mol. The second-order valence-corrected chi connectivity index (χ2v) is 3.33. The molecule has 1 aromatic carbocycles. The molecule has 2 amide bonds. The second-order valence-electron chi connectivity index (χ2n) is 3.33. The van der Waals surface area contributed by atoms with E-state index in [1.54, 1.807) is 4.57 Å². The van der Waals surface area contributed by atoms with Crippen LogP contribution in [0, 0.1) is 0 Å². The lowest BCUT2D eigenvalue weighted by Gasteiger charge is -2.04. The highest BCUT2D eigenvalue weighted by molar-refractivity contribution is 6.03. The molecule has 0 aliphatic carbocycles. The molecule has 0 fully saturated rings. The van der Waals surface area contributed by atoms with Gasteiger partial charge in [0.1, 0.15) is 5.82 Å². The van der Waals surface area contributed by atoms with Crippen molar-refractivity contribution < 1.29 is 4.79 Å². The molecule has 0 radical (unpaired) electrons. The van der Waals surface area contributed by atoms with Crippen LogP contribution in [-0.2, 0) is 7.05 Å². The van der Waals surface area contributed by atoms with Gasteiger partial charge in [-0.2, -0.15) is 0 Å². The molecule has 15 heavy (non-hydrogen) atoms. The summed E-state index contributed by atoms with van der Waals surface area (Å²) < 4.78 is 1.80. The van der Waals surface area contributed by atoms with Crippen molar-refractivity contribution in [3.8, 4) is 0 Å². The molecule has 2 rings (SSSR count). The maximum absolute atomic E-state index is 10.8. The molecule has 1 heterocycles. The standard InChI is InChI=1S/C10H12N4O/c1-14-7-5-3-2-4-6(7)8(11)9(14)13-10(12)15/h2-5H,11H2,1H3,(H3,12,13,15). The van der Waals surface area contributed by atoms with Gasteiger partial charge in [-0.05, 0) is 6.07 Å². The summed E-state index contributed by atoms with van der Waals surface area (Å²) in [5.41, 5.74) is 12.5. The van der Waals surface area contributed by atoms with Gasteiger partial charge < -0.3 is 16.0 Å². The Morgan fingerprint density at radius 1 is 1.40 bits per heavy atom. The van der Waals surface area contributed by atoms with Crippen LogP contribution in [0.25, 0.3) is 10.9 Å². The number of primary amides is 1. The molecular formula is C10H12N4O. The number of anilines is 2. The molecule has 0 saturated carbocycles. The number of aromatic nitrogens is 1. The molecule has 2 aromatic rings. The first-order chi connectivity index (χ1) is 7.11. The SMILES string of the molecule is Cn1c(NC(N)=O)c(N)c2ccccc21. The van der Waals surface area contributed by atoms with Crippen LogP contribution in [0.4, 0.5) is 16.3 Å². The van der Waals surface area contributed by atoms with E-state index >= 15 is 0 Å². The van der Waals surface area contributed by atoms with E-state index in [0.717, 1.165) is 10.9 Å². The Kier molecular flexibility index (Phi) is 2.00. The zero-order valence-electron chi connectivity index (χ0n) is 8.32. The van der Waals surface area contributed by atoms with Gasteiger partial charge in [-0.3, -0.25) is 5.32 Å². The zero-order chi connectivity index (χ0) is 11.0. The summed E-state index contributed by atoms with van der Waals surface area (Å²) in [7, 11) is 1.82. The number of fused-ring (bicyclic) bond motifs is 1. The summed E-state index contributed by atoms with van der Waals surface area (Å²) in [5, 5.41) is 3.41. The van der Waals surface area contributed by atoms with E-state index in [2.05, 4.69) is 5.32 Å². The number of para-hydroxylation sites is 1. The van der Waals surface area contributed by atoms with Gasteiger partial charge >= 0.3 is 6.03 Å². The Morgan fingerprint density at radius 3 is 2.67 bits per heavy atom. The molecule has 0 spiro atoms. The fraction of sp³-hybridized carbons (Fsp3) is 0.100. The molecule has 5 heteroatoms. The van der Waals surface area contributed by atoms with Crippen LogP contribution in [0.5, 0.6) is 0 Å². The molecule has 0 unspecified atom stereocenters. The van der Waals surface area contributed by atoms with Gasteiger partial charge in [-0.25, -0.2) is 4.79 Å². The normalized spacial score (nSPS) is 10.5. The number of hydrogen-bond donors (Lipinski definition) is 3. The quantitative estimate of drug-likeness (QED) is 0.653. The number of carbonyl (C=O) groups excluding carboxylic acids is 1. The summed E-state index contributed by atoms with van der Waals surface area (Å²) >= 11 is 0. The Bertz CT molecular complexity index is 490. The van der Waals surface area contributed by atoms with Crippen LogP contribution in [-0.4, -0.2) is 10.6 Å². The monoisotopic (exact) mass is 204 g/mol. The number of benzene rings is 1. The average Bonchev–Trinajstić information content (AvgIpc) is 2.44. The number of hydrogen-bond acceptors (Lipinski definition) is 2. The third-order valence-corrected chi connectivity index (χ3v) is 2.39. The fourth-order valence-electron chi connectivity index (χ4n) is 1.69. The van der Waals surface area contributed by atoms with Crippen LogP contribution in [0.3, 0.4) is 0 Å². The smallest absolute Gasteiger partial charge is 0.317 e. The predicted octanol–water partition coefficient (Wildman–Crippen LogP) is 1.25. The van der Waals surface area contributed by atoms with E-state index in [4.69, 9.17) is 11.5 Å². The molecule has 0 aliphatic heterocycles. The first-order valence-electron chi connectivity index (χ1n) is 4.50. The van der Waals surface area contributed by atoms with Crippen LogP contribution < -0.4 is 16.8 Å². The van der Waals surface area contributed by atoms with Gasteiger partial charge in [-0.1, -0.05) is 18.2 Å². The number of amides is 2. The van der Waals surface area contributed by atoms with Gasteiger partial charge in [0.05, 0.1) is 11.2 Å². The number of aryl methyl sites for hydroxylation is 1. The van der Waals surface area contributed by atoms with Crippen molar-refractivity contribution in [2.45, 2.75) is 0 Å². The maximum atomic E-state index is 10.8. The van der Waals surface area contributed by atoms with Crippen molar-refractivity contribution in [3.63, 3.8) is 0 Å². The Morgan fingerprint density at radius 2 is 2.07 bits per heavy atom. The number of rotatable bonds is 1. The van der Waals surface area contributed by atoms with Crippen molar-refractivity contribution >= 4 is 28.4 Å². The summed E-state index contributed by atoms with van der Waals surface area (Å²) in [5.74, 6) is 0.531. The Labute approximate surface area is 86.7 Å². The number of carbonyl (C=O) groups is 1. The lowest BCUT2D eigenvalue weighted by molar-refractivity contribution is 0.259. The minimum absolute atomic E-state index is 0.531. The molecule has 1 aromatic heterocycles. The molecule has 0 atom stereocenters. The van der Waals surface area contributed by atoms with E-state index in [1.165, 1.54) is 0 Å². The van der Waals surface area contributed by atoms with Crippen molar-refractivity contribution in [2.75, 3.05) is 11.1 Å². The molecule has 0 bridgehead atoms. The van der Waals surface area contributed by atoms with Crippen molar-refractivity contribution in [2.24, 2.45) is 12.8 Å². The van der Waals surface area contributed by atoms with Gasteiger partial charge in [0, 0.05) is 12.4 Å². The number of nitrogens with one attached hydrogen (secondary N) is 1. The fourth-order valence-corrected chi connectivity index (χ4v) is 1.69.